The molecule has 0 spiro atoms. The van der Waals surface area contributed by atoms with E-state index in [0.29, 0.717) is 0 Å². The number of thiol groups is 1. The average Bonchev–Trinajstić information content (AvgIpc) is 2.26. The van der Waals surface area contributed by atoms with E-state index in [4.69, 9.17) is 0 Å². The highest BCUT2D eigenvalue weighted by molar-refractivity contribution is 8.68. The van der Waals surface area contributed by atoms with Crippen LogP contribution in [0.4, 0.5) is 0 Å². The summed E-state index contributed by atoms with van der Waals surface area (Å²) in [5.41, 5.74) is 0. The first-order chi connectivity index (χ1) is 7.41. The van der Waals surface area contributed by atoms with E-state index in [-0.39, 0.29) is 0 Å². The van der Waals surface area contributed by atoms with Crippen LogP contribution in [0.25, 0.3) is 0 Å². The molecule has 0 rings (SSSR count). The summed E-state index contributed by atoms with van der Waals surface area (Å²) in [6, 6.07) is 0. The van der Waals surface area contributed by atoms with E-state index in [9.17, 15) is 0 Å². The van der Waals surface area contributed by atoms with Crippen molar-refractivity contribution in [3.05, 3.63) is 0 Å². The van der Waals surface area contributed by atoms with Crippen molar-refractivity contribution in [2.45, 2.75) is 77.6 Å². The van der Waals surface area contributed by atoms with Gasteiger partial charge in [-0.2, -0.15) is 0 Å². The molecular weight excluding hydrogens is 220 g/mol. The predicted octanol–water partition coefficient (Wildman–Crippen LogP) is 5.88. The van der Waals surface area contributed by atoms with Crippen molar-refractivity contribution in [3.63, 3.8) is 0 Å². The Labute approximate surface area is 106 Å². The van der Waals surface area contributed by atoms with Gasteiger partial charge in [-0.15, -0.1) is 11.7 Å². The van der Waals surface area contributed by atoms with Gasteiger partial charge in [-0.05, 0) is 6.42 Å². The Morgan fingerprint density at radius 3 is 1.47 bits per heavy atom. The molecule has 0 aromatic rings. The monoisotopic (exact) mass is 248 g/mol. The molecule has 0 aromatic carbocycles. The third kappa shape index (κ3) is 14.7. The summed E-state index contributed by atoms with van der Waals surface area (Å²) in [6.45, 7) is 2.28. The Kier molecular flexibility index (Phi) is 15.4. The molecule has 0 aliphatic rings. The minimum absolute atomic E-state index is 1.22. The molecule has 0 saturated heterocycles. The van der Waals surface area contributed by atoms with Crippen LogP contribution in [0.15, 0.2) is 0 Å². The number of hydrogen-bond acceptors (Lipinski definition) is 2. The van der Waals surface area contributed by atoms with E-state index in [1.807, 2.05) is 0 Å². The summed E-state index contributed by atoms with van der Waals surface area (Å²) in [5.74, 6) is 1.22. The van der Waals surface area contributed by atoms with E-state index >= 15 is 0 Å². The van der Waals surface area contributed by atoms with Gasteiger partial charge in [-0.1, -0.05) is 81.9 Å². The second kappa shape index (κ2) is 14.7. The van der Waals surface area contributed by atoms with Gasteiger partial charge < -0.3 is 0 Å². The van der Waals surface area contributed by atoms with Crippen molar-refractivity contribution in [1.82, 2.24) is 0 Å². The summed E-state index contributed by atoms with van der Waals surface area (Å²) >= 11 is 4.14. The molecule has 0 atom stereocenters. The molecule has 0 amide bonds. The van der Waals surface area contributed by atoms with Crippen molar-refractivity contribution in [2.24, 2.45) is 0 Å². The highest BCUT2D eigenvalue weighted by Gasteiger charge is 1.92. The highest BCUT2D eigenvalue weighted by Crippen LogP contribution is 2.13. The van der Waals surface area contributed by atoms with Crippen molar-refractivity contribution in [2.75, 3.05) is 5.75 Å². The summed E-state index contributed by atoms with van der Waals surface area (Å²) < 4.78 is 0. The van der Waals surface area contributed by atoms with Gasteiger partial charge in [-0.3, -0.25) is 0 Å². The molecule has 0 fully saturated rings. The highest BCUT2D eigenvalue weighted by atomic mass is 33.1. The lowest BCUT2D eigenvalue weighted by Gasteiger charge is -2.01. The molecule has 0 N–H and O–H groups in total. The van der Waals surface area contributed by atoms with Crippen LogP contribution in [0.3, 0.4) is 0 Å². The third-order valence-electron chi connectivity index (χ3n) is 2.84. The molecule has 0 unspecified atom stereocenters. The van der Waals surface area contributed by atoms with Crippen LogP contribution in [0.1, 0.15) is 77.6 Å². The second-order valence-corrected chi connectivity index (χ2v) is 5.81. The van der Waals surface area contributed by atoms with E-state index in [2.05, 4.69) is 18.6 Å². The lowest BCUT2D eigenvalue weighted by atomic mass is 10.1. The van der Waals surface area contributed by atoms with Crippen LogP contribution >= 0.6 is 22.5 Å². The van der Waals surface area contributed by atoms with Crippen molar-refractivity contribution < 1.29 is 0 Å². The smallest absolute Gasteiger partial charge is 0.00345 e. The van der Waals surface area contributed by atoms with Crippen LogP contribution in [0, 0.1) is 0 Å². The molecule has 0 nitrogen and oxygen atoms in total. The van der Waals surface area contributed by atoms with Gasteiger partial charge in [0.15, 0.2) is 0 Å². The van der Waals surface area contributed by atoms with E-state index < -0.39 is 0 Å². The predicted molar refractivity (Wildman–Crippen MR) is 77.9 cm³/mol. The maximum absolute atomic E-state index is 4.14. The van der Waals surface area contributed by atoms with E-state index in [1.54, 1.807) is 10.8 Å². The van der Waals surface area contributed by atoms with Gasteiger partial charge in [0.25, 0.3) is 0 Å². The standard InChI is InChI=1S/C13H28S2/c1-2-3-4-5-6-7-8-9-10-11-12-13-15-14/h14H,2-13H2,1H3. The van der Waals surface area contributed by atoms with Gasteiger partial charge in [0.2, 0.25) is 0 Å². The number of unbranched alkanes of at least 4 members (excludes halogenated alkanes) is 10. The molecular formula is C13H28S2. The molecule has 2 heteroatoms. The van der Waals surface area contributed by atoms with Crippen molar-refractivity contribution in [1.29, 1.82) is 0 Å². The average molecular weight is 249 g/mol. The Bertz CT molecular complexity index is 92.7. The fraction of sp³-hybridized carbons (Fsp3) is 1.00. The normalized spacial score (nSPS) is 10.8. The maximum atomic E-state index is 4.14. The lowest BCUT2D eigenvalue weighted by Crippen LogP contribution is -1.82. The molecule has 0 bridgehead atoms. The van der Waals surface area contributed by atoms with Gasteiger partial charge in [0.1, 0.15) is 0 Å². The van der Waals surface area contributed by atoms with Crippen molar-refractivity contribution in [3.8, 4) is 0 Å². The van der Waals surface area contributed by atoms with Gasteiger partial charge in [-0.25, -0.2) is 0 Å². The van der Waals surface area contributed by atoms with Gasteiger partial charge in [0.05, 0.1) is 0 Å². The molecule has 0 aliphatic heterocycles. The Morgan fingerprint density at radius 1 is 0.667 bits per heavy atom. The SMILES string of the molecule is CCCCCCCCCCCCCSS. The topological polar surface area (TPSA) is 0 Å². The van der Waals surface area contributed by atoms with Crippen molar-refractivity contribution >= 4 is 22.5 Å². The third-order valence-corrected chi connectivity index (χ3v) is 3.86. The first-order valence-electron chi connectivity index (χ1n) is 6.68. The fourth-order valence-corrected chi connectivity index (χ4v) is 2.55. The summed E-state index contributed by atoms with van der Waals surface area (Å²) in [4.78, 5) is 0. The first kappa shape index (κ1) is 15.7. The molecule has 0 aliphatic carbocycles. The van der Waals surface area contributed by atoms with E-state index in [0.717, 1.165) is 0 Å². The maximum Gasteiger partial charge on any atom is 0.00345 e. The van der Waals surface area contributed by atoms with Crippen LogP contribution in [-0.4, -0.2) is 5.75 Å². The molecule has 0 heterocycles. The molecule has 0 saturated carbocycles. The first-order valence-corrected chi connectivity index (χ1v) is 8.72. The number of rotatable bonds is 12. The molecule has 0 aromatic heterocycles. The van der Waals surface area contributed by atoms with Crippen LogP contribution in [0.5, 0.6) is 0 Å². The summed E-state index contributed by atoms with van der Waals surface area (Å²) in [7, 11) is 1.68. The molecule has 15 heavy (non-hydrogen) atoms. The fourth-order valence-electron chi connectivity index (χ4n) is 1.83. The quantitative estimate of drug-likeness (QED) is 0.256. The van der Waals surface area contributed by atoms with Crippen LogP contribution < -0.4 is 0 Å². The zero-order valence-electron chi connectivity index (χ0n) is 10.3. The van der Waals surface area contributed by atoms with Crippen LogP contribution in [0.2, 0.25) is 0 Å². The van der Waals surface area contributed by atoms with Gasteiger partial charge in [0, 0.05) is 5.75 Å². The largest absolute Gasteiger partial charge is 0.111 e. The van der Waals surface area contributed by atoms with E-state index in [1.165, 1.54) is 76.4 Å². The summed E-state index contributed by atoms with van der Waals surface area (Å²) in [6.07, 6.45) is 15.7. The second-order valence-electron chi connectivity index (χ2n) is 4.37. The Morgan fingerprint density at radius 2 is 1.07 bits per heavy atom. The van der Waals surface area contributed by atoms with Crippen LogP contribution in [-0.2, 0) is 0 Å². The Hall–Kier alpha value is 0.700. The Balaban J connectivity index is 2.81. The zero-order valence-corrected chi connectivity index (χ0v) is 12.1. The molecule has 0 radical (unpaired) electrons. The van der Waals surface area contributed by atoms with Gasteiger partial charge >= 0.3 is 0 Å². The molecule has 92 valence electrons. The number of hydrogen-bond donors (Lipinski definition) is 1. The zero-order chi connectivity index (χ0) is 11.2. The minimum Gasteiger partial charge on any atom is -0.111 e. The summed E-state index contributed by atoms with van der Waals surface area (Å²) in [5, 5.41) is 0. The minimum atomic E-state index is 1.22. The lowest BCUT2D eigenvalue weighted by molar-refractivity contribution is 0.555.